The molecule has 0 bridgehead atoms. The van der Waals surface area contributed by atoms with Gasteiger partial charge in [0.05, 0.1) is 0 Å². The van der Waals surface area contributed by atoms with Crippen molar-refractivity contribution in [2.75, 3.05) is 13.1 Å². The Bertz CT molecular complexity index is 526. The number of hydrogen-bond donors (Lipinski definition) is 1. The molecule has 0 aliphatic carbocycles. The Hall–Kier alpha value is -1.74. The van der Waals surface area contributed by atoms with Crippen molar-refractivity contribution in [3.63, 3.8) is 0 Å². The zero-order chi connectivity index (χ0) is 14.7. The second-order valence-electron chi connectivity index (χ2n) is 5.69. The highest BCUT2D eigenvalue weighted by Gasteiger charge is 2.26. The van der Waals surface area contributed by atoms with Crippen LogP contribution in [0.15, 0.2) is 48.5 Å². The Morgan fingerprint density at radius 2 is 1.38 bits per heavy atom. The molecular formula is C18H19F2N. The minimum absolute atomic E-state index is 0.180. The summed E-state index contributed by atoms with van der Waals surface area (Å²) in [6.07, 6.45) is 2.27. The van der Waals surface area contributed by atoms with E-state index in [1.165, 1.54) is 24.3 Å². The summed E-state index contributed by atoms with van der Waals surface area (Å²) in [5.41, 5.74) is 2.19. The molecule has 0 spiro atoms. The molecule has 3 rings (SSSR count). The van der Waals surface area contributed by atoms with Gasteiger partial charge in [0.15, 0.2) is 0 Å². The largest absolute Gasteiger partial charge is 0.316 e. The van der Waals surface area contributed by atoms with Gasteiger partial charge in [-0.3, -0.25) is 0 Å². The van der Waals surface area contributed by atoms with Crippen molar-refractivity contribution >= 4 is 0 Å². The predicted octanol–water partition coefficient (Wildman–Crippen LogP) is 4.10. The van der Waals surface area contributed by atoms with Crippen LogP contribution < -0.4 is 5.32 Å². The SMILES string of the molecule is Fc1ccc(C(c2ccc(F)cc2)C2CCCNC2)cc1. The highest BCUT2D eigenvalue weighted by atomic mass is 19.1. The average molecular weight is 287 g/mol. The first-order valence-electron chi connectivity index (χ1n) is 7.45. The maximum Gasteiger partial charge on any atom is 0.123 e. The first-order chi connectivity index (χ1) is 10.2. The van der Waals surface area contributed by atoms with Crippen LogP contribution in [0.4, 0.5) is 8.78 Å². The van der Waals surface area contributed by atoms with Gasteiger partial charge in [0.25, 0.3) is 0 Å². The molecule has 3 heteroatoms. The molecule has 1 N–H and O–H groups in total. The molecule has 0 saturated carbocycles. The van der Waals surface area contributed by atoms with E-state index in [4.69, 9.17) is 0 Å². The van der Waals surface area contributed by atoms with Crippen LogP contribution in [-0.2, 0) is 0 Å². The zero-order valence-electron chi connectivity index (χ0n) is 11.9. The number of rotatable bonds is 3. The quantitative estimate of drug-likeness (QED) is 0.896. The maximum absolute atomic E-state index is 13.2. The van der Waals surface area contributed by atoms with Crippen molar-refractivity contribution in [2.24, 2.45) is 5.92 Å². The van der Waals surface area contributed by atoms with E-state index in [1.54, 1.807) is 0 Å². The summed E-state index contributed by atoms with van der Waals surface area (Å²) in [5.74, 6) is 0.186. The standard InChI is InChI=1S/C18H19F2N/c19-16-7-3-13(4-8-16)18(15-2-1-11-21-12-15)14-5-9-17(20)10-6-14/h3-10,15,18,21H,1-2,11-12H2. The Kier molecular flexibility index (Phi) is 4.30. The predicted molar refractivity (Wildman–Crippen MR) is 80.2 cm³/mol. The molecule has 1 aliphatic heterocycles. The third-order valence-corrected chi connectivity index (χ3v) is 4.26. The molecule has 2 aromatic rings. The van der Waals surface area contributed by atoms with Crippen LogP contribution in [0.3, 0.4) is 0 Å². The van der Waals surface area contributed by atoms with Crippen molar-refractivity contribution in [3.8, 4) is 0 Å². The topological polar surface area (TPSA) is 12.0 Å². The molecule has 21 heavy (non-hydrogen) atoms. The second-order valence-corrected chi connectivity index (χ2v) is 5.69. The van der Waals surface area contributed by atoms with Crippen LogP contribution in [0.25, 0.3) is 0 Å². The zero-order valence-corrected chi connectivity index (χ0v) is 11.9. The highest BCUT2D eigenvalue weighted by Crippen LogP contribution is 2.35. The van der Waals surface area contributed by atoms with Gasteiger partial charge in [-0.2, -0.15) is 0 Å². The van der Waals surface area contributed by atoms with Gasteiger partial charge >= 0.3 is 0 Å². The van der Waals surface area contributed by atoms with Crippen LogP contribution in [0.5, 0.6) is 0 Å². The number of benzene rings is 2. The summed E-state index contributed by atoms with van der Waals surface area (Å²) in [5, 5.41) is 3.43. The second kappa shape index (κ2) is 6.35. The molecule has 1 fully saturated rings. The monoisotopic (exact) mass is 287 g/mol. The lowest BCUT2D eigenvalue weighted by molar-refractivity contribution is 0.346. The summed E-state index contributed by atoms with van der Waals surface area (Å²) in [6, 6.07) is 13.4. The molecule has 2 aromatic carbocycles. The lowest BCUT2D eigenvalue weighted by Crippen LogP contribution is -2.33. The highest BCUT2D eigenvalue weighted by molar-refractivity contribution is 5.34. The third-order valence-electron chi connectivity index (χ3n) is 4.26. The molecule has 1 nitrogen and oxygen atoms in total. The molecular weight excluding hydrogens is 268 g/mol. The van der Waals surface area contributed by atoms with Gasteiger partial charge in [-0.15, -0.1) is 0 Å². The fourth-order valence-corrected chi connectivity index (χ4v) is 3.24. The lowest BCUT2D eigenvalue weighted by Gasteiger charge is -2.31. The van der Waals surface area contributed by atoms with Crippen molar-refractivity contribution in [1.82, 2.24) is 5.32 Å². The van der Waals surface area contributed by atoms with E-state index >= 15 is 0 Å². The first-order valence-corrected chi connectivity index (χ1v) is 7.45. The van der Waals surface area contributed by atoms with Gasteiger partial charge in [0, 0.05) is 5.92 Å². The van der Waals surface area contributed by atoms with E-state index in [9.17, 15) is 8.78 Å². The van der Waals surface area contributed by atoms with Gasteiger partial charge in [-0.25, -0.2) is 8.78 Å². The third kappa shape index (κ3) is 3.30. The first kappa shape index (κ1) is 14.2. The van der Waals surface area contributed by atoms with Crippen LogP contribution in [-0.4, -0.2) is 13.1 Å². The van der Waals surface area contributed by atoms with Gasteiger partial charge in [-0.1, -0.05) is 24.3 Å². The number of hydrogen-bond acceptors (Lipinski definition) is 1. The summed E-state index contributed by atoms with van der Waals surface area (Å²) >= 11 is 0. The number of halogens is 2. The van der Waals surface area contributed by atoms with Crippen molar-refractivity contribution in [3.05, 3.63) is 71.3 Å². The van der Waals surface area contributed by atoms with E-state index in [1.807, 2.05) is 24.3 Å². The van der Waals surface area contributed by atoms with Crippen molar-refractivity contribution < 1.29 is 8.78 Å². The Morgan fingerprint density at radius 1 is 0.857 bits per heavy atom. The summed E-state index contributed by atoms with van der Waals surface area (Å²) in [6.45, 7) is 2.00. The maximum atomic E-state index is 13.2. The summed E-state index contributed by atoms with van der Waals surface area (Å²) < 4.78 is 26.4. The molecule has 1 heterocycles. The Labute approximate surface area is 124 Å². The average Bonchev–Trinajstić information content (AvgIpc) is 2.52. The molecule has 0 aromatic heterocycles. The number of piperidine rings is 1. The molecule has 1 unspecified atom stereocenters. The Balaban J connectivity index is 1.97. The molecule has 1 atom stereocenters. The normalized spacial score (nSPS) is 18.9. The van der Waals surface area contributed by atoms with E-state index in [0.717, 1.165) is 37.1 Å². The molecule has 110 valence electrons. The van der Waals surface area contributed by atoms with Gasteiger partial charge in [-0.05, 0) is 67.2 Å². The van der Waals surface area contributed by atoms with Crippen LogP contribution >= 0.6 is 0 Å². The van der Waals surface area contributed by atoms with Gasteiger partial charge in [0.1, 0.15) is 11.6 Å². The van der Waals surface area contributed by atoms with Crippen molar-refractivity contribution in [2.45, 2.75) is 18.8 Å². The van der Waals surface area contributed by atoms with Gasteiger partial charge in [0.2, 0.25) is 0 Å². The van der Waals surface area contributed by atoms with Crippen LogP contribution in [0.2, 0.25) is 0 Å². The van der Waals surface area contributed by atoms with Crippen LogP contribution in [0, 0.1) is 17.6 Å². The summed E-state index contributed by atoms with van der Waals surface area (Å²) in [4.78, 5) is 0. The smallest absolute Gasteiger partial charge is 0.123 e. The van der Waals surface area contributed by atoms with E-state index in [-0.39, 0.29) is 17.6 Å². The fraction of sp³-hybridized carbons (Fsp3) is 0.333. The molecule has 1 aliphatic rings. The number of nitrogens with one attached hydrogen (secondary N) is 1. The molecule has 1 saturated heterocycles. The van der Waals surface area contributed by atoms with Crippen molar-refractivity contribution in [1.29, 1.82) is 0 Å². The molecule has 0 radical (unpaired) electrons. The molecule has 0 amide bonds. The van der Waals surface area contributed by atoms with Gasteiger partial charge < -0.3 is 5.32 Å². The van der Waals surface area contributed by atoms with Crippen LogP contribution in [0.1, 0.15) is 29.9 Å². The minimum Gasteiger partial charge on any atom is -0.316 e. The Morgan fingerprint density at radius 3 is 1.81 bits per heavy atom. The lowest BCUT2D eigenvalue weighted by atomic mass is 9.77. The summed E-state index contributed by atoms with van der Waals surface area (Å²) in [7, 11) is 0. The minimum atomic E-state index is -0.224. The van der Waals surface area contributed by atoms with E-state index < -0.39 is 0 Å². The fourth-order valence-electron chi connectivity index (χ4n) is 3.24. The van der Waals surface area contributed by atoms with E-state index in [2.05, 4.69) is 5.32 Å². The van der Waals surface area contributed by atoms with E-state index in [0.29, 0.717) is 5.92 Å².